The molecule has 1 aliphatic heterocycles. The van der Waals surface area contributed by atoms with Crippen molar-refractivity contribution in [2.45, 2.75) is 25.2 Å². The van der Waals surface area contributed by atoms with Crippen LogP contribution in [0.2, 0.25) is 0 Å². The first-order chi connectivity index (χ1) is 9.52. The molecule has 0 bridgehead atoms. The summed E-state index contributed by atoms with van der Waals surface area (Å²) in [6.45, 7) is 3.38. The lowest BCUT2D eigenvalue weighted by molar-refractivity contribution is 0.159. The maximum Gasteiger partial charge on any atom is 0.0884 e. The zero-order valence-electron chi connectivity index (χ0n) is 11.7. The average molecular weight is 281 g/mol. The zero-order chi connectivity index (χ0) is 14.7. The second kappa shape index (κ2) is 6.41. The van der Waals surface area contributed by atoms with Crippen molar-refractivity contribution in [2.75, 3.05) is 36.9 Å². The van der Waals surface area contributed by atoms with Crippen molar-refractivity contribution in [1.82, 2.24) is 5.32 Å². The molecular formula is C14H23N3O3. The van der Waals surface area contributed by atoms with Gasteiger partial charge in [-0.1, -0.05) is 0 Å². The van der Waals surface area contributed by atoms with Gasteiger partial charge in [0.05, 0.1) is 24.9 Å². The molecule has 6 N–H and O–H groups in total. The number of hydrogen-bond donors (Lipinski definition) is 5. The van der Waals surface area contributed by atoms with Crippen LogP contribution in [0.15, 0.2) is 18.2 Å². The average Bonchev–Trinajstić information content (AvgIpc) is 2.78. The Labute approximate surface area is 118 Å². The Morgan fingerprint density at radius 3 is 2.85 bits per heavy atom. The first-order valence-electron chi connectivity index (χ1n) is 6.87. The molecule has 0 radical (unpaired) electrons. The quantitative estimate of drug-likeness (QED) is 0.464. The lowest BCUT2D eigenvalue weighted by Crippen LogP contribution is -2.40. The van der Waals surface area contributed by atoms with E-state index in [1.165, 1.54) is 0 Å². The summed E-state index contributed by atoms with van der Waals surface area (Å²) in [5, 5.41) is 31.7. The SMILES string of the molecule is CC(O)c1cc(N2CC(O)C(NCCO)C2)ccc1N. The fourth-order valence-electron chi connectivity index (χ4n) is 2.57. The molecule has 0 spiro atoms. The lowest BCUT2D eigenvalue weighted by atomic mass is 10.1. The van der Waals surface area contributed by atoms with Gasteiger partial charge in [-0.25, -0.2) is 0 Å². The van der Waals surface area contributed by atoms with E-state index >= 15 is 0 Å². The maximum absolute atomic E-state index is 10.0. The van der Waals surface area contributed by atoms with E-state index in [2.05, 4.69) is 5.32 Å². The molecule has 20 heavy (non-hydrogen) atoms. The number of nitrogens with one attached hydrogen (secondary N) is 1. The van der Waals surface area contributed by atoms with Gasteiger partial charge in [0.1, 0.15) is 0 Å². The highest BCUT2D eigenvalue weighted by Crippen LogP contribution is 2.28. The number of aliphatic hydroxyl groups is 3. The van der Waals surface area contributed by atoms with E-state index in [0.717, 1.165) is 5.69 Å². The van der Waals surface area contributed by atoms with Crippen LogP contribution in [0.1, 0.15) is 18.6 Å². The minimum Gasteiger partial charge on any atom is -0.398 e. The van der Waals surface area contributed by atoms with Crippen molar-refractivity contribution < 1.29 is 15.3 Å². The van der Waals surface area contributed by atoms with Crippen LogP contribution < -0.4 is 16.0 Å². The molecule has 2 rings (SSSR count). The fraction of sp³-hybridized carbons (Fsp3) is 0.571. The summed E-state index contributed by atoms with van der Waals surface area (Å²) in [4.78, 5) is 2.05. The van der Waals surface area contributed by atoms with Gasteiger partial charge >= 0.3 is 0 Å². The van der Waals surface area contributed by atoms with E-state index in [1.807, 2.05) is 17.0 Å². The molecule has 3 atom stereocenters. The van der Waals surface area contributed by atoms with Gasteiger partial charge in [0.15, 0.2) is 0 Å². The molecule has 1 aliphatic rings. The molecule has 0 aliphatic carbocycles. The molecular weight excluding hydrogens is 258 g/mol. The molecule has 0 saturated carbocycles. The fourth-order valence-corrected chi connectivity index (χ4v) is 2.57. The van der Waals surface area contributed by atoms with Crippen LogP contribution in [-0.2, 0) is 0 Å². The third-order valence-electron chi connectivity index (χ3n) is 3.69. The Morgan fingerprint density at radius 2 is 2.20 bits per heavy atom. The monoisotopic (exact) mass is 281 g/mol. The number of nitrogens with two attached hydrogens (primary N) is 1. The van der Waals surface area contributed by atoms with Gasteiger partial charge < -0.3 is 31.3 Å². The molecule has 1 saturated heterocycles. The number of nitrogens with zero attached hydrogens (tertiary/aromatic N) is 1. The highest BCUT2D eigenvalue weighted by atomic mass is 16.3. The highest BCUT2D eigenvalue weighted by Gasteiger charge is 2.31. The maximum atomic E-state index is 10.0. The molecule has 1 aromatic carbocycles. The van der Waals surface area contributed by atoms with Crippen LogP contribution in [0.25, 0.3) is 0 Å². The van der Waals surface area contributed by atoms with Gasteiger partial charge in [-0.3, -0.25) is 0 Å². The first-order valence-corrected chi connectivity index (χ1v) is 6.87. The predicted molar refractivity (Wildman–Crippen MR) is 78.6 cm³/mol. The summed E-state index contributed by atoms with van der Waals surface area (Å²) in [6, 6.07) is 5.47. The topological polar surface area (TPSA) is 102 Å². The van der Waals surface area contributed by atoms with E-state index in [9.17, 15) is 10.2 Å². The Morgan fingerprint density at radius 1 is 1.45 bits per heavy atom. The molecule has 3 unspecified atom stereocenters. The number of β-amino-alcohol motifs (C(OH)–C–C–N with tert-alkyl or cyclic N) is 1. The van der Waals surface area contributed by atoms with Crippen molar-refractivity contribution in [1.29, 1.82) is 0 Å². The van der Waals surface area contributed by atoms with E-state index in [0.29, 0.717) is 30.9 Å². The molecule has 1 heterocycles. The van der Waals surface area contributed by atoms with Crippen LogP contribution in [0, 0.1) is 0 Å². The van der Waals surface area contributed by atoms with E-state index < -0.39 is 12.2 Å². The lowest BCUT2D eigenvalue weighted by Gasteiger charge is -2.21. The van der Waals surface area contributed by atoms with Crippen molar-refractivity contribution in [3.63, 3.8) is 0 Å². The van der Waals surface area contributed by atoms with Crippen LogP contribution >= 0.6 is 0 Å². The Hall–Kier alpha value is -1.34. The number of anilines is 2. The first kappa shape index (κ1) is 15.1. The van der Waals surface area contributed by atoms with Gasteiger partial charge in [-0.2, -0.15) is 0 Å². The summed E-state index contributed by atoms with van der Waals surface area (Å²) in [7, 11) is 0. The Balaban J connectivity index is 2.11. The van der Waals surface area contributed by atoms with E-state index in [1.54, 1.807) is 13.0 Å². The molecule has 0 aromatic heterocycles. The number of nitrogen functional groups attached to an aromatic ring is 1. The number of rotatable bonds is 5. The molecule has 112 valence electrons. The summed E-state index contributed by atoms with van der Waals surface area (Å²) in [6.07, 6.45) is -1.10. The van der Waals surface area contributed by atoms with Gasteiger partial charge in [0, 0.05) is 36.6 Å². The minimum absolute atomic E-state index is 0.0528. The summed E-state index contributed by atoms with van der Waals surface area (Å²) >= 11 is 0. The highest BCUT2D eigenvalue weighted by molar-refractivity contribution is 5.60. The van der Waals surface area contributed by atoms with Crippen molar-refractivity contribution in [3.8, 4) is 0 Å². The Kier molecular flexibility index (Phi) is 4.82. The zero-order valence-corrected chi connectivity index (χ0v) is 11.7. The normalized spacial score (nSPS) is 24.1. The second-order valence-electron chi connectivity index (χ2n) is 5.25. The summed E-state index contributed by atoms with van der Waals surface area (Å²) < 4.78 is 0. The summed E-state index contributed by atoms with van der Waals surface area (Å²) in [5.41, 5.74) is 8.04. The van der Waals surface area contributed by atoms with E-state index in [4.69, 9.17) is 10.8 Å². The van der Waals surface area contributed by atoms with E-state index in [-0.39, 0.29) is 12.6 Å². The van der Waals surface area contributed by atoms with Crippen molar-refractivity contribution in [3.05, 3.63) is 23.8 Å². The molecule has 1 aromatic rings. The van der Waals surface area contributed by atoms with Crippen LogP contribution in [0.4, 0.5) is 11.4 Å². The Bertz CT molecular complexity index is 453. The minimum atomic E-state index is -0.620. The second-order valence-corrected chi connectivity index (χ2v) is 5.25. The van der Waals surface area contributed by atoms with Crippen molar-refractivity contribution >= 4 is 11.4 Å². The third-order valence-corrected chi connectivity index (χ3v) is 3.69. The number of aliphatic hydroxyl groups excluding tert-OH is 3. The van der Waals surface area contributed by atoms with Gasteiger partial charge in [-0.05, 0) is 25.1 Å². The van der Waals surface area contributed by atoms with Gasteiger partial charge in [0.2, 0.25) is 0 Å². The largest absolute Gasteiger partial charge is 0.398 e. The third kappa shape index (κ3) is 3.21. The van der Waals surface area contributed by atoms with Gasteiger partial charge in [-0.15, -0.1) is 0 Å². The van der Waals surface area contributed by atoms with Crippen LogP contribution in [0.3, 0.4) is 0 Å². The van der Waals surface area contributed by atoms with Crippen molar-refractivity contribution in [2.24, 2.45) is 0 Å². The molecule has 0 amide bonds. The number of benzene rings is 1. The predicted octanol–water partition coefficient (Wildman–Crippen LogP) is -0.546. The van der Waals surface area contributed by atoms with Crippen LogP contribution in [-0.4, -0.2) is 53.7 Å². The molecule has 6 nitrogen and oxygen atoms in total. The van der Waals surface area contributed by atoms with Crippen LogP contribution in [0.5, 0.6) is 0 Å². The summed E-state index contributed by atoms with van der Waals surface area (Å²) in [5.74, 6) is 0. The molecule has 6 heteroatoms. The number of hydrogen-bond acceptors (Lipinski definition) is 6. The standard InChI is InChI=1S/C14H23N3O3/c1-9(19)11-6-10(2-3-12(11)15)17-7-13(14(20)8-17)16-4-5-18/h2-3,6,9,13-14,16,18-20H,4-5,7-8,15H2,1H3. The smallest absolute Gasteiger partial charge is 0.0884 e. The molecule has 1 fully saturated rings. The van der Waals surface area contributed by atoms with Gasteiger partial charge in [0.25, 0.3) is 0 Å².